The van der Waals surface area contributed by atoms with Crippen molar-refractivity contribution in [2.45, 2.75) is 76.2 Å². The molecule has 20 heavy (non-hydrogen) atoms. The highest BCUT2D eigenvalue weighted by Crippen LogP contribution is 2.35. The second-order valence-electron chi connectivity index (χ2n) is 7.13. The maximum atomic E-state index is 11.6. The minimum absolute atomic E-state index is 0.0731. The molecule has 0 aromatic carbocycles. The molecule has 116 valence electrons. The van der Waals surface area contributed by atoms with Gasteiger partial charge < -0.3 is 20.1 Å². The summed E-state index contributed by atoms with van der Waals surface area (Å²) in [6, 6.07) is 0.727. The zero-order chi connectivity index (χ0) is 14.8. The lowest BCUT2D eigenvalue weighted by atomic mass is 9.79. The molecule has 5 heteroatoms. The van der Waals surface area contributed by atoms with E-state index in [1.165, 1.54) is 6.42 Å². The molecule has 0 unspecified atom stereocenters. The third kappa shape index (κ3) is 4.09. The predicted molar refractivity (Wildman–Crippen MR) is 77.8 cm³/mol. The van der Waals surface area contributed by atoms with Gasteiger partial charge in [0.25, 0.3) is 0 Å². The van der Waals surface area contributed by atoms with Crippen molar-refractivity contribution in [2.24, 2.45) is 0 Å². The number of hydrogen-bond donors (Lipinski definition) is 2. The third-order valence-corrected chi connectivity index (χ3v) is 4.27. The standard InChI is InChI=1S/C15H28N2O3/c1-14(2,3)20-13(18)17-12-8-11(9-12)16-10-15(19-4)6-5-7-15/h11-12,16H,5-10H2,1-4H3,(H,17,18). The molecule has 2 aliphatic carbocycles. The van der Waals surface area contributed by atoms with Crippen molar-refractivity contribution < 1.29 is 14.3 Å². The van der Waals surface area contributed by atoms with Crippen LogP contribution >= 0.6 is 0 Å². The largest absolute Gasteiger partial charge is 0.444 e. The van der Waals surface area contributed by atoms with Crippen molar-refractivity contribution in [1.82, 2.24) is 10.6 Å². The van der Waals surface area contributed by atoms with Gasteiger partial charge in [0.05, 0.1) is 5.60 Å². The Morgan fingerprint density at radius 3 is 2.35 bits per heavy atom. The number of carbonyl (C=O) groups excluding carboxylic acids is 1. The normalized spacial score (nSPS) is 28.2. The number of carbonyl (C=O) groups is 1. The number of hydrogen-bond acceptors (Lipinski definition) is 4. The van der Waals surface area contributed by atoms with Gasteiger partial charge in [0.1, 0.15) is 5.60 Å². The number of alkyl carbamates (subject to hydrolysis) is 1. The highest BCUT2D eigenvalue weighted by Gasteiger charge is 2.39. The van der Waals surface area contributed by atoms with Gasteiger partial charge in [-0.25, -0.2) is 4.79 Å². The van der Waals surface area contributed by atoms with Crippen LogP contribution in [0.5, 0.6) is 0 Å². The number of rotatable bonds is 5. The molecule has 2 aliphatic rings. The van der Waals surface area contributed by atoms with Gasteiger partial charge in [-0.05, 0) is 52.9 Å². The molecule has 0 aliphatic heterocycles. The Morgan fingerprint density at radius 1 is 1.25 bits per heavy atom. The van der Waals surface area contributed by atoms with Crippen LogP contribution in [0.3, 0.4) is 0 Å². The van der Waals surface area contributed by atoms with Crippen LogP contribution in [0.15, 0.2) is 0 Å². The molecule has 2 rings (SSSR count). The highest BCUT2D eigenvalue weighted by molar-refractivity contribution is 5.68. The van der Waals surface area contributed by atoms with E-state index in [0.717, 1.165) is 32.2 Å². The van der Waals surface area contributed by atoms with Crippen molar-refractivity contribution in [1.29, 1.82) is 0 Å². The van der Waals surface area contributed by atoms with E-state index in [9.17, 15) is 4.79 Å². The minimum Gasteiger partial charge on any atom is -0.444 e. The zero-order valence-electron chi connectivity index (χ0n) is 13.1. The molecule has 0 aromatic rings. The average molecular weight is 284 g/mol. The molecule has 0 radical (unpaired) electrons. The van der Waals surface area contributed by atoms with Crippen molar-refractivity contribution in [2.75, 3.05) is 13.7 Å². The summed E-state index contributed by atoms with van der Waals surface area (Å²) in [4.78, 5) is 11.6. The second-order valence-corrected chi connectivity index (χ2v) is 7.13. The van der Waals surface area contributed by atoms with E-state index in [1.807, 2.05) is 20.8 Å². The van der Waals surface area contributed by atoms with E-state index >= 15 is 0 Å². The van der Waals surface area contributed by atoms with Crippen LogP contribution in [-0.2, 0) is 9.47 Å². The van der Waals surface area contributed by atoms with Crippen LogP contribution in [-0.4, -0.2) is 43.0 Å². The van der Waals surface area contributed by atoms with Crippen molar-refractivity contribution >= 4 is 6.09 Å². The molecule has 0 heterocycles. The summed E-state index contributed by atoms with van der Waals surface area (Å²) in [7, 11) is 1.80. The quantitative estimate of drug-likeness (QED) is 0.812. The van der Waals surface area contributed by atoms with Gasteiger partial charge in [0.15, 0.2) is 0 Å². The van der Waals surface area contributed by atoms with E-state index in [1.54, 1.807) is 7.11 Å². The lowest BCUT2D eigenvalue weighted by Gasteiger charge is -2.44. The lowest BCUT2D eigenvalue weighted by molar-refractivity contribution is -0.0726. The maximum absolute atomic E-state index is 11.6. The number of methoxy groups -OCH3 is 1. The first-order valence-electron chi connectivity index (χ1n) is 7.60. The van der Waals surface area contributed by atoms with Crippen molar-refractivity contribution in [3.63, 3.8) is 0 Å². The third-order valence-electron chi connectivity index (χ3n) is 4.27. The molecular weight excluding hydrogens is 256 g/mol. The molecule has 0 atom stereocenters. The van der Waals surface area contributed by atoms with Crippen LogP contribution in [0, 0.1) is 0 Å². The summed E-state index contributed by atoms with van der Waals surface area (Å²) in [6.07, 6.45) is 5.21. The Bertz CT molecular complexity index is 336. The van der Waals surface area contributed by atoms with Crippen molar-refractivity contribution in [3.05, 3.63) is 0 Å². The summed E-state index contributed by atoms with van der Waals surface area (Å²) in [5, 5.41) is 6.46. The first-order chi connectivity index (χ1) is 9.32. The fourth-order valence-electron chi connectivity index (χ4n) is 2.73. The predicted octanol–water partition coefficient (Wildman–Crippen LogP) is 2.20. The second kappa shape index (κ2) is 5.90. The summed E-state index contributed by atoms with van der Waals surface area (Å²) in [5.41, 5.74) is -0.357. The molecule has 0 saturated heterocycles. The summed E-state index contributed by atoms with van der Waals surface area (Å²) in [5.74, 6) is 0. The monoisotopic (exact) mass is 284 g/mol. The fraction of sp³-hybridized carbons (Fsp3) is 0.933. The van der Waals surface area contributed by atoms with Gasteiger partial charge in [-0.2, -0.15) is 0 Å². The van der Waals surface area contributed by atoms with E-state index < -0.39 is 5.60 Å². The molecule has 0 spiro atoms. The highest BCUT2D eigenvalue weighted by atomic mass is 16.6. The Labute approximate surface area is 121 Å². The first kappa shape index (κ1) is 15.6. The summed E-state index contributed by atoms with van der Waals surface area (Å²) < 4.78 is 10.8. The molecule has 2 N–H and O–H groups in total. The van der Waals surface area contributed by atoms with Crippen LogP contribution in [0.4, 0.5) is 4.79 Å². The lowest BCUT2D eigenvalue weighted by Crippen LogP contribution is -2.57. The van der Waals surface area contributed by atoms with Gasteiger partial charge >= 0.3 is 6.09 Å². The molecule has 2 saturated carbocycles. The molecule has 2 fully saturated rings. The molecule has 5 nitrogen and oxygen atoms in total. The molecule has 0 aromatic heterocycles. The van der Waals surface area contributed by atoms with Gasteiger partial charge in [-0.15, -0.1) is 0 Å². The first-order valence-corrected chi connectivity index (χ1v) is 7.60. The van der Waals surface area contributed by atoms with Crippen molar-refractivity contribution in [3.8, 4) is 0 Å². The van der Waals surface area contributed by atoms with Crippen LogP contribution < -0.4 is 10.6 Å². The van der Waals surface area contributed by atoms with E-state index in [0.29, 0.717) is 6.04 Å². The van der Waals surface area contributed by atoms with E-state index in [4.69, 9.17) is 9.47 Å². The zero-order valence-corrected chi connectivity index (χ0v) is 13.1. The smallest absolute Gasteiger partial charge is 0.407 e. The van der Waals surface area contributed by atoms with Crippen LogP contribution in [0.1, 0.15) is 52.9 Å². The summed E-state index contributed by atoms with van der Waals surface area (Å²) in [6.45, 7) is 6.55. The number of ether oxygens (including phenoxy) is 2. The van der Waals surface area contributed by atoms with Gasteiger partial charge in [-0.3, -0.25) is 0 Å². The van der Waals surface area contributed by atoms with Crippen LogP contribution in [0.2, 0.25) is 0 Å². The SMILES string of the molecule is COC1(CNC2CC(NC(=O)OC(C)(C)C)C2)CCC1. The van der Waals surface area contributed by atoms with E-state index in [-0.39, 0.29) is 17.7 Å². The molecular formula is C15H28N2O3. The van der Waals surface area contributed by atoms with Crippen LogP contribution in [0.25, 0.3) is 0 Å². The van der Waals surface area contributed by atoms with Gasteiger partial charge in [0.2, 0.25) is 0 Å². The van der Waals surface area contributed by atoms with Gasteiger partial charge in [0, 0.05) is 25.7 Å². The molecule has 0 bridgehead atoms. The fourth-order valence-corrected chi connectivity index (χ4v) is 2.73. The minimum atomic E-state index is -0.430. The molecule has 1 amide bonds. The Kier molecular flexibility index (Phi) is 4.59. The average Bonchev–Trinajstić information content (AvgIpc) is 2.21. The Morgan fingerprint density at radius 2 is 1.90 bits per heavy atom. The number of nitrogens with one attached hydrogen (secondary N) is 2. The maximum Gasteiger partial charge on any atom is 0.407 e. The Balaban J connectivity index is 1.59. The summed E-state index contributed by atoms with van der Waals surface area (Å²) >= 11 is 0. The Hall–Kier alpha value is -0.810. The topological polar surface area (TPSA) is 59.6 Å². The van der Waals surface area contributed by atoms with E-state index in [2.05, 4.69) is 10.6 Å². The van der Waals surface area contributed by atoms with Gasteiger partial charge in [-0.1, -0.05) is 0 Å². The number of amides is 1.